The van der Waals surface area contributed by atoms with E-state index in [0.717, 1.165) is 14.7 Å². The van der Waals surface area contributed by atoms with Crippen molar-refractivity contribution in [3.63, 3.8) is 0 Å². The lowest BCUT2D eigenvalue weighted by molar-refractivity contribution is -0.141. The summed E-state index contributed by atoms with van der Waals surface area (Å²) < 4.78 is 0. The highest BCUT2D eigenvalue weighted by Gasteiger charge is 2.75. The molecule has 5 amide bonds. The number of para-hydroxylation sites is 2. The van der Waals surface area contributed by atoms with E-state index in [4.69, 9.17) is 11.6 Å². The second kappa shape index (κ2) is 9.53. The first-order valence-corrected chi connectivity index (χ1v) is 13.0. The van der Waals surface area contributed by atoms with E-state index >= 15 is 0 Å². The molecule has 0 unspecified atom stereocenters. The molecule has 0 radical (unpaired) electrons. The molecule has 3 fully saturated rings. The van der Waals surface area contributed by atoms with Crippen molar-refractivity contribution in [2.24, 2.45) is 11.8 Å². The largest absolute Gasteiger partial charge is 0.325 e. The monoisotopic (exact) mass is 555 g/mol. The van der Waals surface area contributed by atoms with Crippen LogP contribution in [-0.2, 0) is 24.0 Å². The second-order valence-corrected chi connectivity index (χ2v) is 10.5. The van der Waals surface area contributed by atoms with Crippen molar-refractivity contribution in [1.82, 2.24) is 4.90 Å². The van der Waals surface area contributed by atoms with Gasteiger partial charge in [-0.1, -0.05) is 48.0 Å². The lowest BCUT2D eigenvalue weighted by atomic mass is 9.78. The predicted molar refractivity (Wildman–Crippen MR) is 144 cm³/mol. The molecular formula is C30H22ClN3O6. The maximum Gasteiger partial charge on any atom is 0.261 e. The van der Waals surface area contributed by atoms with Crippen LogP contribution in [0.1, 0.15) is 23.2 Å². The van der Waals surface area contributed by atoms with Crippen molar-refractivity contribution in [3.05, 3.63) is 95.5 Å². The normalized spacial score (nSPS) is 25.7. The minimum absolute atomic E-state index is 0.286. The van der Waals surface area contributed by atoms with Crippen molar-refractivity contribution in [2.45, 2.75) is 24.4 Å². The molecule has 0 N–H and O–H groups in total. The zero-order chi connectivity index (χ0) is 28.2. The Labute approximate surface area is 233 Å². The van der Waals surface area contributed by atoms with Crippen molar-refractivity contribution in [3.8, 4) is 0 Å². The van der Waals surface area contributed by atoms with E-state index in [-0.39, 0.29) is 12.1 Å². The third kappa shape index (κ3) is 3.61. The fourth-order valence-corrected chi connectivity index (χ4v) is 6.48. The molecule has 3 aliphatic heterocycles. The van der Waals surface area contributed by atoms with E-state index in [1.165, 1.54) is 12.1 Å². The Bertz CT molecular complexity index is 1560. The summed E-state index contributed by atoms with van der Waals surface area (Å²) in [6.45, 7) is 0. The summed E-state index contributed by atoms with van der Waals surface area (Å²) in [5.41, 5.74) is -1.07. The van der Waals surface area contributed by atoms with Gasteiger partial charge in [-0.2, -0.15) is 0 Å². The van der Waals surface area contributed by atoms with Crippen molar-refractivity contribution in [1.29, 1.82) is 0 Å². The molecule has 3 aliphatic rings. The van der Waals surface area contributed by atoms with Gasteiger partial charge < -0.3 is 4.90 Å². The van der Waals surface area contributed by atoms with Gasteiger partial charge in [0.05, 0.1) is 35.7 Å². The molecule has 4 atom stereocenters. The van der Waals surface area contributed by atoms with E-state index in [9.17, 15) is 28.8 Å². The number of halogens is 1. The number of rotatable bonds is 6. The highest BCUT2D eigenvalue weighted by Crippen LogP contribution is 2.55. The van der Waals surface area contributed by atoms with Gasteiger partial charge in [0.25, 0.3) is 5.91 Å². The van der Waals surface area contributed by atoms with Crippen LogP contribution in [0.2, 0.25) is 5.02 Å². The summed E-state index contributed by atoms with van der Waals surface area (Å²) in [4.78, 5) is 84.7. The number of hydrogen-bond donors (Lipinski definition) is 0. The van der Waals surface area contributed by atoms with E-state index in [1.54, 1.807) is 72.8 Å². The minimum Gasteiger partial charge on any atom is -0.325 e. The van der Waals surface area contributed by atoms with Gasteiger partial charge in [0.1, 0.15) is 5.54 Å². The maximum absolute atomic E-state index is 14.2. The van der Waals surface area contributed by atoms with Crippen LogP contribution in [0, 0.1) is 11.8 Å². The van der Waals surface area contributed by atoms with Crippen molar-refractivity contribution >= 4 is 58.8 Å². The van der Waals surface area contributed by atoms with E-state index in [0.29, 0.717) is 22.7 Å². The van der Waals surface area contributed by atoms with Crippen LogP contribution in [0.3, 0.4) is 0 Å². The van der Waals surface area contributed by atoms with E-state index in [2.05, 4.69) is 0 Å². The first-order valence-electron chi connectivity index (χ1n) is 12.7. The Kier molecular flexibility index (Phi) is 6.11. The topological polar surface area (TPSA) is 112 Å². The Morgan fingerprint density at radius 1 is 0.825 bits per heavy atom. The van der Waals surface area contributed by atoms with Gasteiger partial charge in [0.2, 0.25) is 24.1 Å². The third-order valence-electron chi connectivity index (χ3n) is 8.04. The number of benzene rings is 3. The lowest BCUT2D eigenvalue weighted by Gasteiger charge is -2.36. The molecule has 9 nitrogen and oxygen atoms in total. The number of anilines is 2. The molecule has 0 saturated carbocycles. The number of Topliss-reactive ketones (excluding diaryl/α,β-unsaturated/α-hetero) is 1. The summed E-state index contributed by atoms with van der Waals surface area (Å²) in [6, 6.07) is 21.4. The second-order valence-electron chi connectivity index (χ2n) is 10.0. The highest BCUT2D eigenvalue weighted by molar-refractivity contribution is 6.31. The molecule has 6 rings (SSSR count). The van der Waals surface area contributed by atoms with E-state index in [1.807, 2.05) is 0 Å². The van der Waals surface area contributed by atoms with Gasteiger partial charge in [0.15, 0.2) is 5.78 Å². The van der Waals surface area contributed by atoms with Crippen LogP contribution < -0.4 is 9.80 Å². The number of nitrogens with zero attached hydrogens (tertiary/aromatic N) is 3. The molecular weight excluding hydrogens is 534 g/mol. The first kappa shape index (κ1) is 25.6. The number of carbonyl (C=O) groups is 6. The summed E-state index contributed by atoms with van der Waals surface area (Å²) in [5, 5.41) is 0.428. The SMILES string of the molecule is O=CN1[C@@H](CC(=O)c2ccc(Cl)cc2)[C@H]2C(=O)N(c3ccccc3)C(=O)[C@H]2[C@@]12CC(=O)N(c1ccccc1)C2=O. The number of carbonyl (C=O) groups excluding carboxylic acids is 6. The molecule has 0 bridgehead atoms. The lowest BCUT2D eigenvalue weighted by Crippen LogP contribution is -2.58. The van der Waals surface area contributed by atoms with Crippen LogP contribution in [0.5, 0.6) is 0 Å². The van der Waals surface area contributed by atoms with Crippen LogP contribution >= 0.6 is 11.6 Å². The molecule has 200 valence electrons. The number of hydrogen-bond acceptors (Lipinski definition) is 6. The van der Waals surface area contributed by atoms with Gasteiger partial charge >= 0.3 is 0 Å². The smallest absolute Gasteiger partial charge is 0.261 e. The van der Waals surface area contributed by atoms with Gasteiger partial charge in [-0.05, 0) is 48.5 Å². The summed E-state index contributed by atoms with van der Waals surface area (Å²) in [6.07, 6.45) is -0.448. The minimum atomic E-state index is -1.96. The van der Waals surface area contributed by atoms with Crippen LogP contribution in [0.15, 0.2) is 84.9 Å². The molecule has 40 heavy (non-hydrogen) atoms. The number of amides is 5. The predicted octanol–water partition coefficient (Wildman–Crippen LogP) is 3.26. The van der Waals surface area contributed by atoms with E-state index < -0.39 is 59.2 Å². The van der Waals surface area contributed by atoms with Crippen LogP contribution in [0.4, 0.5) is 11.4 Å². The standard InChI is InChI=1S/C30H22ClN3O6/c31-19-13-11-18(12-14-19)23(36)15-22-25-26(28(39)34(27(25)38)21-9-5-2-6-10-21)30(32(22)17-35)16-24(37)33(29(30)40)20-7-3-1-4-8-20/h1-14,17,22,25-26H,15-16H2/t22-,25+,26-,30+/m0/s1. The Hall–Kier alpha value is -4.63. The fraction of sp³-hybridized carbons (Fsp3) is 0.200. The summed E-state index contributed by atoms with van der Waals surface area (Å²) in [7, 11) is 0. The first-order chi connectivity index (χ1) is 19.3. The molecule has 3 saturated heterocycles. The molecule has 3 heterocycles. The molecule has 3 aromatic rings. The summed E-state index contributed by atoms with van der Waals surface area (Å²) in [5.74, 6) is -5.66. The van der Waals surface area contributed by atoms with Gasteiger partial charge in [-0.15, -0.1) is 0 Å². The summed E-state index contributed by atoms with van der Waals surface area (Å²) >= 11 is 5.96. The number of fused-ring (bicyclic) bond motifs is 2. The van der Waals surface area contributed by atoms with Crippen LogP contribution in [0.25, 0.3) is 0 Å². The maximum atomic E-state index is 14.2. The quantitative estimate of drug-likeness (QED) is 0.262. The molecule has 10 heteroatoms. The van der Waals surface area contributed by atoms with Crippen LogP contribution in [-0.4, -0.2) is 52.3 Å². The Morgan fingerprint density at radius 3 is 1.98 bits per heavy atom. The zero-order valence-electron chi connectivity index (χ0n) is 21.0. The highest BCUT2D eigenvalue weighted by atomic mass is 35.5. The Balaban J connectivity index is 1.48. The van der Waals surface area contributed by atoms with Gasteiger partial charge in [0, 0.05) is 17.0 Å². The number of ketones is 1. The third-order valence-corrected chi connectivity index (χ3v) is 8.30. The number of likely N-dealkylation sites (tertiary alicyclic amines) is 1. The van der Waals surface area contributed by atoms with Crippen molar-refractivity contribution < 1.29 is 28.8 Å². The molecule has 1 spiro atoms. The fourth-order valence-electron chi connectivity index (χ4n) is 6.36. The number of imide groups is 2. The zero-order valence-corrected chi connectivity index (χ0v) is 21.7. The molecule has 0 aromatic heterocycles. The van der Waals surface area contributed by atoms with Crippen molar-refractivity contribution in [2.75, 3.05) is 9.80 Å². The molecule has 3 aromatic carbocycles. The molecule has 0 aliphatic carbocycles. The van der Waals surface area contributed by atoms with Gasteiger partial charge in [-0.3, -0.25) is 28.8 Å². The van der Waals surface area contributed by atoms with Gasteiger partial charge in [-0.25, -0.2) is 9.80 Å². The Morgan fingerprint density at radius 2 is 1.40 bits per heavy atom. The average molecular weight is 556 g/mol. The average Bonchev–Trinajstić information content (AvgIpc) is 3.49.